The van der Waals surface area contributed by atoms with E-state index in [0.29, 0.717) is 18.4 Å². The third kappa shape index (κ3) is 4.82. The first-order valence-electron chi connectivity index (χ1n) is 9.53. The van der Waals surface area contributed by atoms with Crippen LogP contribution in [0.2, 0.25) is 0 Å². The molecular weight excluding hydrogens is 334 g/mol. The zero-order valence-electron chi connectivity index (χ0n) is 15.4. The van der Waals surface area contributed by atoms with Crippen molar-refractivity contribution in [2.75, 3.05) is 56.2 Å². The number of rotatable bonds is 7. The Balaban J connectivity index is 1.70. The number of ether oxygens (including phenoxy) is 1. The second-order valence-electron chi connectivity index (χ2n) is 6.92. The lowest BCUT2D eigenvalue weighted by molar-refractivity contribution is -0.137. The maximum atomic E-state index is 11.1. The Morgan fingerprint density at radius 2 is 2.19 bits per heavy atom. The number of nitrogens with one attached hydrogen (secondary N) is 1. The summed E-state index contributed by atoms with van der Waals surface area (Å²) in [6.45, 7) is 7.93. The van der Waals surface area contributed by atoms with Crippen LogP contribution < -0.4 is 10.2 Å². The Hall–Kier alpha value is -1.93. The van der Waals surface area contributed by atoms with Gasteiger partial charge in [-0.2, -0.15) is 4.98 Å². The van der Waals surface area contributed by atoms with Crippen LogP contribution >= 0.6 is 0 Å². The number of anilines is 2. The van der Waals surface area contributed by atoms with E-state index >= 15 is 0 Å². The van der Waals surface area contributed by atoms with Gasteiger partial charge in [0.05, 0.1) is 13.2 Å². The fraction of sp³-hybridized carbons (Fsp3) is 0.722. The molecule has 1 aromatic heterocycles. The molecule has 2 saturated heterocycles. The van der Waals surface area contributed by atoms with Crippen LogP contribution in [-0.4, -0.2) is 77.9 Å². The summed E-state index contributed by atoms with van der Waals surface area (Å²) < 4.78 is 5.48. The summed E-state index contributed by atoms with van der Waals surface area (Å²) in [5, 5.41) is 12.4. The molecule has 2 aliphatic rings. The van der Waals surface area contributed by atoms with Gasteiger partial charge in [-0.3, -0.25) is 9.69 Å². The quantitative estimate of drug-likeness (QED) is 0.749. The summed E-state index contributed by atoms with van der Waals surface area (Å²) in [5.41, 5.74) is 0. The van der Waals surface area contributed by atoms with Gasteiger partial charge in [-0.25, -0.2) is 4.98 Å². The van der Waals surface area contributed by atoms with Crippen LogP contribution in [0.4, 0.5) is 11.8 Å². The zero-order chi connectivity index (χ0) is 18.4. The minimum Gasteiger partial charge on any atom is -0.481 e. The molecule has 0 radical (unpaired) electrons. The Labute approximate surface area is 154 Å². The van der Waals surface area contributed by atoms with Crippen molar-refractivity contribution in [1.82, 2.24) is 14.9 Å². The standard InChI is InChI=1S/C18H29N5O3/c1-2-19-16-5-7-20-18(21-16)23-8-6-15(22-9-11-26-12-10-22)14(13-23)3-4-17(24)25/h5,7,14-15H,2-4,6,8-13H2,1H3,(H,24,25)(H,19,20,21)/t14-,15+/m1/s1. The van der Waals surface area contributed by atoms with Crippen molar-refractivity contribution >= 4 is 17.7 Å². The van der Waals surface area contributed by atoms with Crippen LogP contribution in [0.5, 0.6) is 0 Å². The highest BCUT2D eigenvalue weighted by Crippen LogP contribution is 2.29. The highest BCUT2D eigenvalue weighted by atomic mass is 16.5. The molecule has 0 aromatic carbocycles. The third-order valence-corrected chi connectivity index (χ3v) is 5.22. The smallest absolute Gasteiger partial charge is 0.303 e. The van der Waals surface area contributed by atoms with Gasteiger partial charge < -0.3 is 20.1 Å². The van der Waals surface area contributed by atoms with Crippen molar-refractivity contribution in [3.05, 3.63) is 12.3 Å². The second kappa shape index (κ2) is 9.14. The Morgan fingerprint density at radius 1 is 1.38 bits per heavy atom. The predicted molar refractivity (Wildman–Crippen MR) is 99.6 cm³/mol. The minimum atomic E-state index is -0.728. The van der Waals surface area contributed by atoms with Crippen LogP contribution in [-0.2, 0) is 9.53 Å². The number of carbonyl (C=O) groups is 1. The number of aliphatic carboxylic acids is 1. The van der Waals surface area contributed by atoms with E-state index in [9.17, 15) is 4.79 Å². The Bertz CT molecular complexity index is 594. The van der Waals surface area contributed by atoms with Crippen LogP contribution in [0.3, 0.4) is 0 Å². The zero-order valence-corrected chi connectivity index (χ0v) is 15.4. The van der Waals surface area contributed by atoms with Gasteiger partial charge in [-0.15, -0.1) is 0 Å². The molecule has 26 heavy (non-hydrogen) atoms. The molecule has 0 unspecified atom stereocenters. The largest absolute Gasteiger partial charge is 0.481 e. The van der Waals surface area contributed by atoms with Gasteiger partial charge in [-0.05, 0) is 31.7 Å². The monoisotopic (exact) mass is 363 g/mol. The van der Waals surface area contributed by atoms with Crippen LogP contribution in [0, 0.1) is 5.92 Å². The molecule has 2 N–H and O–H groups in total. The van der Waals surface area contributed by atoms with Crippen LogP contribution in [0.1, 0.15) is 26.2 Å². The number of nitrogens with zero attached hydrogens (tertiary/aromatic N) is 4. The van der Waals surface area contributed by atoms with E-state index in [0.717, 1.165) is 64.1 Å². The highest BCUT2D eigenvalue weighted by Gasteiger charge is 2.35. The molecule has 2 fully saturated rings. The summed E-state index contributed by atoms with van der Waals surface area (Å²) in [5.74, 6) is 1.12. The first-order chi connectivity index (χ1) is 12.7. The number of piperidine rings is 1. The fourth-order valence-electron chi connectivity index (χ4n) is 3.96. The van der Waals surface area contributed by atoms with Crippen molar-refractivity contribution in [1.29, 1.82) is 0 Å². The van der Waals surface area contributed by atoms with Gasteiger partial charge in [0.2, 0.25) is 5.95 Å². The third-order valence-electron chi connectivity index (χ3n) is 5.22. The second-order valence-corrected chi connectivity index (χ2v) is 6.92. The molecule has 8 heteroatoms. The van der Waals surface area contributed by atoms with Crippen molar-refractivity contribution in [2.24, 2.45) is 5.92 Å². The minimum absolute atomic E-state index is 0.206. The molecule has 0 amide bonds. The van der Waals surface area contributed by atoms with Gasteiger partial charge in [0.25, 0.3) is 0 Å². The van der Waals surface area contributed by atoms with Crippen molar-refractivity contribution < 1.29 is 14.6 Å². The Morgan fingerprint density at radius 3 is 2.92 bits per heavy atom. The van der Waals surface area contributed by atoms with Gasteiger partial charge >= 0.3 is 5.97 Å². The maximum Gasteiger partial charge on any atom is 0.303 e. The van der Waals surface area contributed by atoms with Gasteiger partial charge in [0.1, 0.15) is 5.82 Å². The molecule has 3 rings (SSSR count). The van der Waals surface area contributed by atoms with E-state index in [1.807, 2.05) is 13.0 Å². The lowest BCUT2D eigenvalue weighted by Gasteiger charge is -2.45. The summed E-state index contributed by atoms with van der Waals surface area (Å²) in [6.07, 6.45) is 3.66. The van der Waals surface area contributed by atoms with E-state index < -0.39 is 5.97 Å². The SMILES string of the molecule is CCNc1ccnc(N2CC[C@H](N3CCOCC3)[C@H](CCC(=O)O)C2)n1. The van der Waals surface area contributed by atoms with Crippen LogP contribution in [0.15, 0.2) is 12.3 Å². The molecule has 0 saturated carbocycles. The molecule has 0 bridgehead atoms. The highest BCUT2D eigenvalue weighted by molar-refractivity contribution is 5.66. The number of morpholine rings is 1. The number of carboxylic acids is 1. The maximum absolute atomic E-state index is 11.1. The van der Waals surface area contributed by atoms with Crippen molar-refractivity contribution in [3.63, 3.8) is 0 Å². The summed E-state index contributed by atoms with van der Waals surface area (Å²) in [7, 11) is 0. The van der Waals surface area contributed by atoms with Gasteiger partial charge in [-0.1, -0.05) is 0 Å². The number of hydrogen-bond donors (Lipinski definition) is 2. The normalized spacial score (nSPS) is 24.4. The summed E-state index contributed by atoms with van der Waals surface area (Å²) in [6, 6.07) is 2.28. The first kappa shape index (κ1) is 18.8. The molecule has 0 spiro atoms. The van der Waals surface area contributed by atoms with Gasteiger partial charge in [0, 0.05) is 51.4 Å². The number of carboxylic acid groups (broad SMARTS) is 1. The van der Waals surface area contributed by atoms with Crippen molar-refractivity contribution in [3.8, 4) is 0 Å². The van der Waals surface area contributed by atoms with E-state index in [4.69, 9.17) is 9.84 Å². The molecule has 2 aliphatic heterocycles. The number of aromatic nitrogens is 2. The molecule has 0 aliphatic carbocycles. The predicted octanol–water partition coefficient (Wildman–Crippen LogP) is 1.30. The average Bonchev–Trinajstić information content (AvgIpc) is 2.67. The number of hydrogen-bond acceptors (Lipinski definition) is 7. The fourth-order valence-corrected chi connectivity index (χ4v) is 3.96. The molecule has 3 heterocycles. The molecule has 8 nitrogen and oxygen atoms in total. The van der Waals surface area contributed by atoms with E-state index in [2.05, 4.69) is 25.1 Å². The molecule has 144 valence electrons. The topological polar surface area (TPSA) is 90.8 Å². The summed E-state index contributed by atoms with van der Waals surface area (Å²) in [4.78, 5) is 24.8. The van der Waals surface area contributed by atoms with Crippen molar-refractivity contribution in [2.45, 2.75) is 32.2 Å². The van der Waals surface area contributed by atoms with E-state index in [1.54, 1.807) is 6.20 Å². The molecule has 2 atom stereocenters. The lowest BCUT2D eigenvalue weighted by atomic mass is 9.87. The first-order valence-corrected chi connectivity index (χ1v) is 9.53. The van der Waals surface area contributed by atoms with E-state index in [-0.39, 0.29) is 6.42 Å². The van der Waals surface area contributed by atoms with Crippen LogP contribution in [0.25, 0.3) is 0 Å². The van der Waals surface area contributed by atoms with Gasteiger partial charge in [0.15, 0.2) is 0 Å². The molecular formula is C18H29N5O3. The Kier molecular flexibility index (Phi) is 6.62. The summed E-state index contributed by atoms with van der Waals surface area (Å²) >= 11 is 0. The van der Waals surface area contributed by atoms with E-state index in [1.165, 1.54) is 0 Å². The lowest BCUT2D eigenvalue weighted by Crippen LogP contribution is -2.54. The molecule has 1 aromatic rings. The average molecular weight is 363 g/mol.